The Labute approximate surface area is 155 Å². The third-order valence-corrected chi connectivity index (χ3v) is 5.83. The second-order valence-electron chi connectivity index (χ2n) is 6.18. The summed E-state index contributed by atoms with van der Waals surface area (Å²) < 4.78 is 6.32. The van der Waals surface area contributed by atoms with Gasteiger partial charge in [0.2, 0.25) is 6.23 Å². The molecule has 3 nitrogen and oxygen atoms in total. The summed E-state index contributed by atoms with van der Waals surface area (Å²) in [5.74, 6) is 0.936. The molecule has 124 valence electrons. The lowest BCUT2D eigenvalue weighted by molar-refractivity contribution is -0.0190. The zero-order valence-electron chi connectivity index (χ0n) is 13.3. The van der Waals surface area contributed by atoms with Crippen LogP contribution < -0.4 is 4.74 Å². The summed E-state index contributed by atoms with van der Waals surface area (Å²) in [7, 11) is 0. The van der Waals surface area contributed by atoms with E-state index in [9.17, 15) is 0 Å². The number of fused-ring (bicyclic) bond motifs is 3. The standard InChI is InChI=1S/C20H15ClN2OS/c21-14-9-7-13(8-10-14)20-23-17(15-4-1-2-5-18(15)24-20)12-16(22-23)19-6-3-11-25-19/h1-11,17,20H,12H2/t17-,20-/m1/s1. The second kappa shape index (κ2) is 5.90. The molecule has 1 aromatic heterocycles. The van der Waals surface area contributed by atoms with Crippen molar-refractivity contribution in [2.24, 2.45) is 5.10 Å². The Morgan fingerprint density at radius 2 is 1.88 bits per heavy atom. The van der Waals surface area contributed by atoms with Gasteiger partial charge in [0.25, 0.3) is 0 Å². The number of nitrogens with zero attached hydrogens (tertiary/aromatic N) is 2. The molecule has 0 spiro atoms. The van der Waals surface area contributed by atoms with Crippen LogP contribution in [0.15, 0.2) is 71.1 Å². The number of halogens is 1. The maximum absolute atomic E-state index is 6.32. The quantitative estimate of drug-likeness (QED) is 0.586. The minimum Gasteiger partial charge on any atom is -0.464 e. The van der Waals surface area contributed by atoms with Gasteiger partial charge in [-0.15, -0.1) is 11.3 Å². The van der Waals surface area contributed by atoms with Crippen LogP contribution in [0.1, 0.15) is 34.7 Å². The average molecular weight is 367 g/mol. The van der Waals surface area contributed by atoms with Gasteiger partial charge in [-0.2, -0.15) is 5.10 Å². The van der Waals surface area contributed by atoms with E-state index in [0.29, 0.717) is 0 Å². The van der Waals surface area contributed by atoms with E-state index in [-0.39, 0.29) is 12.3 Å². The Bertz CT molecular complexity index is 937. The van der Waals surface area contributed by atoms with Gasteiger partial charge in [0.1, 0.15) is 5.75 Å². The van der Waals surface area contributed by atoms with Crippen LogP contribution in [0, 0.1) is 0 Å². The number of hydrogen-bond acceptors (Lipinski definition) is 4. The van der Waals surface area contributed by atoms with E-state index in [1.165, 1.54) is 10.4 Å². The van der Waals surface area contributed by atoms with Crippen LogP contribution in [0.2, 0.25) is 5.02 Å². The van der Waals surface area contributed by atoms with Gasteiger partial charge < -0.3 is 4.74 Å². The molecule has 0 unspecified atom stereocenters. The fourth-order valence-corrected chi connectivity index (χ4v) is 4.32. The maximum Gasteiger partial charge on any atom is 0.213 e. The summed E-state index contributed by atoms with van der Waals surface area (Å²) in [6.45, 7) is 0. The summed E-state index contributed by atoms with van der Waals surface area (Å²) in [6, 6.07) is 20.5. The highest BCUT2D eigenvalue weighted by atomic mass is 35.5. The van der Waals surface area contributed by atoms with Crippen molar-refractivity contribution < 1.29 is 4.74 Å². The topological polar surface area (TPSA) is 24.8 Å². The molecule has 0 fully saturated rings. The van der Waals surface area contributed by atoms with Crippen LogP contribution in [-0.4, -0.2) is 10.7 Å². The fourth-order valence-electron chi connectivity index (χ4n) is 3.47. The Balaban J connectivity index is 1.60. The van der Waals surface area contributed by atoms with Gasteiger partial charge in [0.15, 0.2) is 0 Å². The number of hydrazone groups is 1. The molecule has 0 N–H and O–H groups in total. The van der Waals surface area contributed by atoms with Crippen molar-refractivity contribution in [1.82, 2.24) is 5.01 Å². The van der Waals surface area contributed by atoms with Gasteiger partial charge in [0.05, 0.1) is 16.6 Å². The van der Waals surface area contributed by atoms with E-state index in [2.05, 4.69) is 34.7 Å². The third-order valence-electron chi connectivity index (χ3n) is 4.66. The van der Waals surface area contributed by atoms with Gasteiger partial charge in [0, 0.05) is 22.6 Å². The minimum atomic E-state index is -0.241. The van der Waals surface area contributed by atoms with E-state index in [4.69, 9.17) is 21.4 Å². The first-order chi connectivity index (χ1) is 12.3. The smallest absolute Gasteiger partial charge is 0.213 e. The van der Waals surface area contributed by atoms with Crippen LogP contribution in [0.3, 0.4) is 0 Å². The normalized spacial score (nSPS) is 21.3. The third kappa shape index (κ3) is 2.53. The van der Waals surface area contributed by atoms with Crippen molar-refractivity contribution in [2.75, 3.05) is 0 Å². The lowest BCUT2D eigenvalue weighted by Crippen LogP contribution is -2.33. The molecule has 5 heteroatoms. The molecule has 0 radical (unpaired) electrons. The van der Waals surface area contributed by atoms with Gasteiger partial charge in [-0.3, -0.25) is 0 Å². The molecule has 0 amide bonds. The minimum absolute atomic E-state index is 0.197. The number of rotatable bonds is 2. The molecular weight excluding hydrogens is 352 g/mol. The number of para-hydroxylation sites is 1. The van der Waals surface area contributed by atoms with E-state index in [1.54, 1.807) is 11.3 Å². The molecule has 2 atom stereocenters. The average Bonchev–Trinajstić information content (AvgIpc) is 3.31. The van der Waals surface area contributed by atoms with Crippen LogP contribution in [-0.2, 0) is 0 Å². The zero-order chi connectivity index (χ0) is 16.8. The predicted octanol–water partition coefficient (Wildman–Crippen LogP) is 5.64. The van der Waals surface area contributed by atoms with Crippen molar-refractivity contribution in [1.29, 1.82) is 0 Å². The molecule has 2 aliphatic rings. The van der Waals surface area contributed by atoms with Gasteiger partial charge in [-0.05, 0) is 29.6 Å². The van der Waals surface area contributed by atoms with Crippen LogP contribution in [0.5, 0.6) is 5.75 Å². The Morgan fingerprint density at radius 1 is 1.04 bits per heavy atom. The van der Waals surface area contributed by atoms with Crippen molar-refractivity contribution in [3.05, 3.63) is 87.1 Å². The van der Waals surface area contributed by atoms with E-state index >= 15 is 0 Å². The molecule has 0 aliphatic carbocycles. The van der Waals surface area contributed by atoms with Crippen molar-refractivity contribution in [3.63, 3.8) is 0 Å². The molecule has 2 aliphatic heterocycles. The largest absolute Gasteiger partial charge is 0.464 e. The number of ether oxygens (including phenoxy) is 1. The van der Waals surface area contributed by atoms with Gasteiger partial charge in [-0.25, -0.2) is 5.01 Å². The Kier molecular flexibility index (Phi) is 3.54. The Morgan fingerprint density at radius 3 is 2.68 bits per heavy atom. The van der Waals surface area contributed by atoms with Crippen molar-refractivity contribution in [2.45, 2.75) is 18.7 Å². The summed E-state index contributed by atoms with van der Waals surface area (Å²) in [5.41, 5.74) is 3.38. The number of hydrogen-bond donors (Lipinski definition) is 0. The molecule has 3 aromatic rings. The molecule has 5 rings (SSSR count). The first-order valence-corrected chi connectivity index (χ1v) is 9.46. The molecule has 25 heavy (non-hydrogen) atoms. The summed E-state index contributed by atoms with van der Waals surface area (Å²) in [5, 5.41) is 9.85. The molecule has 0 saturated heterocycles. The highest BCUT2D eigenvalue weighted by Crippen LogP contribution is 2.47. The summed E-state index contributed by atoms with van der Waals surface area (Å²) >= 11 is 7.78. The van der Waals surface area contributed by atoms with Gasteiger partial charge >= 0.3 is 0 Å². The highest BCUT2D eigenvalue weighted by molar-refractivity contribution is 7.12. The number of benzene rings is 2. The first kappa shape index (κ1) is 15.0. The van der Waals surface area contributed by atoms with Crippen molar-refractivity contribution in [3.8, 4) is 5.75 Å². The van der Waals surface area contributed by atoms with E-state index in [0.717, 1.165) is 28.5 Å². The van der Waals surface area contributed by atoms with E-state index < -0.39 is 0 Å². The van der Waals surface area contributed by atoms with Gasteiger partial charge in [-0.1, -0.05) is 48.0 Å². The molecule has 0 saturated carbocycles. The molecule has 3 heterocycles. The monoisotopic (exact) mass is 366 g/mol. The molecule has 0 bridgehead atoms. The summed E-state index contributed by atoms with van der Waals surface area (Å²) in [6.07, 6.45) is 0.653. The Hall–Kier alpha value is -2.30. The van der Waals surface area contributed by atoms with E-state index in [1.807, 2.05) is 36.4 Å². The fraction of sp³-hybridized carbons (Fsp3) is 0.150. The highest BCUT2D eigenvalue weighted by Gasteiger charge is 2.40. The first-order valence-electron chi connectivity index (χ1n) is 8.20. The lowest BCUT2D eigenvalue weighted by atomic mass is 9.98. The second-order valence-corrected chi connectivity index (χ2v) is 7.57. The summed E-state index contributed by atoms with van der Waals surface area (Å²) in [4.78, 5) is 1.22. The van der Waals surface area contributed by atoms with Crippen molar-refractivity contribution >= 4 is 28.6 Å². The molecule has 2 aromatic carbocycles. The zero-order valence-corrected chi connectivity index (χ0v) is 14.9. The van der Waals surface area contributed by atoms with Crippen LogP contribution in [0.25, 0.3) is 0 Å². The van der Waals surface area contributed by atoms with Crippen LogP contribution in [0.4, 0.5) is 0 Å². The predicted molar refractivity (Wildman–Crippen MR) is 101 cm³/mol. The molecular formula is C20H15ClN2OS. The van der Waals surface area contributed by atoms with Crippen LogP contribution >= 0.6 is 22.9 Å². The number of thiophene rings is 1. The maximum atomic E-state index is 6.32. The SMILES string of the molecule is Clc1ccc([C@H]2Oc3ccccc3[C@H]3CC(c4cccs4)=NN32)cc1. The lowest BCUT2D eigenvalue weighted by Gasteiger charge is -2.38.